The fourth-order valence-corrected chi connectivity index (χ4v) is 1.70. The van der Waals surface area contributed by atoms with Gasteiger partial charge in [0.1, 0.15) is 11.2 Å². The number of rotatable bonds is 3. The summed E-state index contributed by atoms with van der Waals surface area (Å²) < 4.78 is 0. The van der Waals surface area contributed by atoms with E-state index in [0.717, 1.165) is 18.5 Å². The number of aromatic nitrogens is 2. The van der Waals surface area contributed by atoms with E-state index in [-0.39, 0.29) is 0 Å². The van der Waals surface area contributed by atoms with Crippen molar-refractivity contribution in [2.45, 2.75) is 44.4 Å². The molecule has 1 aromatic rings. The summed E-state index contributed by atoms with van der Waals surface area (Å²) >= 11 is 0. The average Bonchev–Trinajstić information content (AvgIpc) is 2.15. The Kier molecular flexibility index (Phi) is 2.66. The first-order chi connectivity index (χ1) is 7.51. The molecule has 1 heterocycles. The average molecular weight is 220 g/mol. The van der Waals surface area contributed by atoms with E-state index in [1.54, 1.807) is 20.0 Å². The van der Waals surface area contributed by atoms with Gasteiger partial charge in [0.25, 0.3) is 0 Å². The van der Waals surface area contributed by atoms with Crippen molar-refractivity contribution in [1.29, 1.82) is 0 Å². The number of carboxylic acid groups (broad SMARTS) is 1. The maximum absolute atomic E-state index is 11.1. The lowest BCUT2D eigenvalue weighted by Gasteiger charge is -2.26. The van der Waals surface area contributed by atoms with Crippen LogP contribution in [-0.4, -0.2) is 21.0 Å². The Bertz CT molecular complexity index is 411. The fraction of sp³-hybridized carbons (Fsp3) is 0.583. The molecule has 1 aliphatic carbocycles. The molecule has 0 spiro atoms. The lowest BCUT2D eigenvalue weighted by molar-refractivity contribution is -0.142. The second-order valence-electron chi connectivity index (χ2n) is 4.86. The Hall–Kier alpha value is -1.45. The van der Waals surface area contributed by atoms with Gasteiger partial charge in [-0.2, -0.15) is 0 Å². The van der Waals surface area contributed by atoms with Crippen LogP contribution in [0.1, 0.15) is 50.5 Å². The van der Waals surface area contributed by atoms with E-state index in [1.807, 2.05) is 6.07 Å². The third-order valence-electron chi connectivity index (χ3n) is 3.29. The van der Waals surface area contributed by atoms with Gasteiger partial charge in [-0.1, -0.05) is 6.42 Å². The number of aliphatic carboxylic acids is 1. The van der Waals surface area contributed by atoms with Gasteiger partial charge in [0.15, 0.2) is 0 Å². The molecule has 1 saturated carbocycles. The highest BCUT2D eigenvalue weighted by Crippen LogP contribution is 2.35. The molecule has 0 amide bonds. The van der Waals surface area contributed by atoms with Gasteiger partial charge in [-0.25, -0.2) is 9.97 Å². The van der Waals surface area contributed by atoms with E-state index in [4.69, 9.17) is 5.11 Å². The zero-order valence-electron chi connectivity index (χ0n) is 9.60. The molecule has 0 radical (unpaired) electrons. The summed E-state index contributed by atoms with van der Waals surface area (Å²) in [5, 5.41) is 9.12. The van der Waals surface area contributed by atoms with E-state index in [0.29, 0.717) is 11.7 Å². The monoisotopic (exact) mass is 220 g/mol. The van der Waals surface area contributed by atoms with E-state index in [2.05, 4.69) is 9.97 Å². The predicted octanol–water partition coefficient (Wildman–Crippen LogP) is 2.11. The Labute approximate surface area is 94.7 Å². The zero-order chi connectivity index (χ0) is 11.8. The van der Waals surface area contributed by atoms with Crippen LogP contribution in [0.25, 0.3) is 0 Å². The van der Waals surface area contributed by atoms with Crippen molar-refractivity contribution in [2.24, 2.45) is 0 Å². The minimum absolute atomic E-state index is 0.407. The third-order valence-corrected chi connectivity index (χ3v) is 3.29. The predicted molar refractivity (Wildman–Crippen MR) is 59.3 cm³/mol. The highest BCUT2D eigenvalue weighted by molar-refractivity contribution is 5.78. The Morgan fingerprint density at radius 2 is 2.19 bits per heavy atom. The van der Waals surface area contributed by atoms with Gasteiger partial charge in [-0.15, -0.1) is 0 Å². The molecule has 1 fully saturated rings. The largest absolute Gasteiger partial charge is 0.481 e. The van der Waals surface area contributed by atoms with Crippen LogP contribution in [0.2, 0.25) is 0 Å². The van der Waals surface area contributed by atoms with Crippen LogP contribution in [0.3, 0.4) is 0 Å². The van der Waals surface area contributed by atoms with E-state index in [9.17, 15) is 4.79 Å². The molecule has 16 heavy (non-hydrogen) atoms. The van der Waals surface area contributed by atoms with E-state index in [1.165, 1.54) is 6.42 Å². The van der Waals surface area contributed by atoms with Crippen LogP contribution in [-0.2, 0) is 10.2 Å². The van der Waals surface area contributed by atoms with Gasteiger partial charge in [-0.05, 0) is 32.8 Å². The Morgan fingerprint density at radius 3 is 2.69 bits per heavy atom. The van der Waals surface area contributed by atoms with Crippen molar-refractivity contribution in [3.05, 3.63) is 23.8 Å². The maximum atomic E-state index is 11.1. The van der Waals surface area contributed by atoms with Crippen LogP contribution in [0.5, 0.6) is 0 Å². The molecule has 4 heteroatoms. The first-order valence-corrected chi connectivity index (χ1v) is 5.58. The van der Waals surface area contributed by atoms with Crippen LogP contribution in [0.4, 0.5) is 0 Å². The van der Waals surface area contributed by atoms with Crippen molar-refractivity contribution < 1.29 is 9.90 Å². The summed E-state index contributed by atoms with van der Waals surface area (Å²) in [6, 6.07) is 1.89. The quantitative estimate of drug-likeness (QED) is 0.847. The molecular formula is C12H16N2O2. The van der Waals surface area contributed by atoms with Crippen LogP contribution in [0.15, 0.2) is 12.3 Å². The number of hydrogen-bond acceptors (Lipinski definition) is 3. The number of carboxylic acids is 1. The second kappa shape index (κ2) is 3.85. The molecule has 4 nitrogen and oxygen atoms in total. The lowest BCUT2D eigenvalue weighted by Crippen LogP contribution is -2.31. The van der Waals surface area contributed by atoms with Crippen molar-refractivity contribution >= 4 is 5.97 Å². The van der Waals surface area contributed by atoms with Gasteiger partial charge >= 0.3 is 5.97 Å². The van der Waals surface area contributed by atoms with Crippen molar-refractivity contribution in [2.75, 3.05) is 0 Å². The van der Waals surface area contributed by atoms with Crippen molar-refractivity contribution in [3.63, 3.8) is 0 Å². The SMILES string of the molecule is CC(C)(C(=O)O)c1nccc(C2CCC2)n1. The molecule has 0 saturated heterocycles. The molecule has 0 bridgehead atoms. The first kappa shape index (κ1) is 11.0. The van der Waals surface area contributed by atoms with Gasteiger partial charge in [0.05, 0.1) is 0 Å². The normalized spacial score (nSPS) is 16.9. The van der Waals surface area contributed by atoms with Crippen molar-refractivity contribution in [3.8, 4) is 0 Å². The van der Waals surface area contributed by atoms with Gasteiger partial charge < -0.3 is 5.11 Å². The van der Waals surface area contributed by atoms with E-state index >= 15 is 0 Å². The zero-order valence-corrected chi connectivity index (χ0v) is 9.60. The summed E-state index contributed by atoms with van der Waals surface area (Å²) in [5.74, 6) is 0.0222. The minimum atomic E-state index is -1.01. The molecule has 1 N–H and O–H groups in total. The highest BCUT2D eigenvalue weighted by Gasteiger charge is 2.33. The molecule has 86 valence electrons. The Morgan fingerprint density at radius 1 is 1.50 bits per heavy atom. The van der Waals surface area contributed by atoms with Crippen LogP contribution in [0, 0.1) is 0 Å². The summed E-state index contributed by atoms with van der Waals surface area (Å²) in [4.78, 5) is 19.6. The summed E-state index contributed by atoms with van der Waals surface area (Å²) in [5.41, 5.74) is -0.0229. The van der Waals surface area contributed by atoms with E-state index < -0.39 is 11.4 Å². The molecule has 1 aromatic heterocycles. The topological polar surface area (TPSA) is 63.1 Å². The summed E-state index contributed by atoms with van der Waals surface area (Å²) in [6.45, 7) is 3.27. The smallest absolute Gasteiger partial charge is 0.316 e. The lowest BCUT2D eigenvalue weighted by atomic mass is 9.82. The minimum Gasteiger partial charge on any atom is -0.481 e. The maximum Gasteiger partial charge on any atom is 0.316 e. The number of nitrogens with zero attached hydrogens (tertiary/aromatic N) is 2. The fourth-order valence-electron chi connectivity index (χ4n) is 1.70. The molecule has 0 unspecified atom stereocenters. The number of hydrogen-bond donors (Lipinski definition) is 1. The van der Waals surface area contributed by atoms with Crippen molar-refractivity contribution in [1.82, 2.24) is 9.97 Å². The molecule has 0 aromatic carbocycles. The molecule has 1 aliphatic rings. The molecule has 2 rings (SSSR count). The Balaban J connectivity index is 2.31. The number of carbonyl (C=O) groups is 1. The summed E-state index contributed by atoms with van der Waals surface area (Å²) in [6.07, 6.45) is 5.22. The first-order valence-electron chi connectivity index (χ1n) is 5.58. The van der Waals surface area contributed by atoms with Crippen LogP contribution >= 0.6 is 0 Å². The standard InChI is InChI=1S/C12H16N2O2/c1-12(2,11(15)16)10-13-7-6-9(14-10)8-4-3-5-8/h6-8H,3-5H2,1-2H3,(H,15,16). The third kappa shape index (κ3) is 1.79. The highest BCUT2D eigenvalue weighted by atomic mass is 16.4. The van der Waals surface area contributed by atoms with Gasteiger partial charge in [0, 0.05) is 17.8 Å². The molecule has 0 aliphatic heterocycles. The summed E-state index contributed by atoms with van der Waals surface area (Å²) in [7, 11) is 0. The molecular weight excluding hydrogens is 204 g/mol. The van der Waals surface area contributed by atoms with Gasteiger partial charge in [0.2, 0.25) is 0 Å². The molecule has 0 atom stereocenters. The van der Waals surface area contributed by atoms with Gasteiger partial charge in [-0.3, -0.25) is 4.79 Å². The van der Waals surface area contributed by atoms with Crippen LogP contribution < -0.4 is 0 Å². The second-order valence-corrected chi connectivity index (χ2v) is 4.86.